The molecule has 114 valence electrons. The van der Waals surface area contributed by atoms with E-state index in [1.165, 1.54) is 16.0 Å². The fourth-order valence-corrected chi connectivity index (χ4v) is 3.66. The Morgan fingerprint density at radius 1 is 1.26 bits per heavy atom. The first-order valence-corrected chi connectivity index (χ1v) is 8.26. The lowest BCUT2D eigenvalue weighted by Crippen LogP contribution is -2.02. The summed E-state index contributed by atoms with van der Waals surface area (Å²) in [4.78, 5) is 14.6. The predicted molar refractivity (Wildman–Crippen MR) is 93.0 cm³/mol. The van der Waals surface area contributed by atoms with Gasteiger partial charge in [-0.05, 0) is 42.7 Å². The van der Waals surface area contributed by atoms with Crippen LogP contribution in [0.15, 0.2) is 47.7 Å². The zero-order valence-corrected chi connectivity index (χ0v) is 13.5. The number of fused-ring (bicyclic) bond motifs is 3. The van der Waals surface area contributed by atoms with Crippen molar-refractivity contribution < 1.29 is 4.74 Å². The average molecular weight is 321 g/mol. The third-order valence-electron chi connectivity index (χ3n) is 3.88. The summed E-state index contributed by atoms with van der Waals surface area (Å²) in [5.41, 5.74) is 4.54. The van der Waals surface area contributed by atoms with Crippen LogP contribution in [0, 0.1) is 0 Å². The van der Waals surface area contributed by atoms with E-state index in [-0.39, 0.29) is 0 Å². The highest BCUT2D eigenvalue weighted by Gasteiger charge is 2.21. The highest BCUT2D eigenvalue weighted by Crippen LogP contribution is 2.40. The van der Waals surface area contributed by atoms with Gasteiger partial charge in [-0.15, -0.1) is 0 Å². The molecular weight excluding hydrogens is 306 g/mol. The van der Waals surface area contributed by atoms with Crippen molar-refractivity contribution in [3.05, 3.63) is 58.7 Å². The smallest absolute Gasteiger partial charge is 0.209 e. The molecule has 0 bridgehead atoms. The van der Waals surface area contributed by atoms with Gasteiger partial charge in [-0.1, -0.05) is 17.4 Å². The van der Waals surface area contributed by atoms with Gasteiger partial charge in [-0.2, -0.15) is 0 Å². The number of aliphatic imine (C=N–C) groups is 1. The fraction of sp³-hybridized carbons (Fsp3) is 0.167. The second-order valence-electron chi connectivity index (χ2n) is 5.34. The number of nitrogens with zero attached hydrogens (tertiary/aromatic N) is 3. The van der Waals surface area contributed by atoms with Crippen molar-refractivity contribution in [3.63, 3.8) is 0 Å². The molecule has 1 aliphatic rings. The molecule has 4 rings (SSSR count). The molecule has 5 heteroatoms. The first-order valence-electron chi connectivity index (χ1n) is 7.44. The maximum atomic E-state index is 5.31. The quantitative estimate of drug-likeness (QED) is 0.683. The van der Waals surface area contributed by atoms with Crippen LogP contribution >= 0.6 is 11.3 Å². The van der Waals surface area contributed by atoms with Gasteiger partial charge in [0.2, 0.25) is 5.13 Å². The summed E-state index contributed by atoms with van der Waals surface area (Å²) in [5, 5.41) is 0.794. The molecule has 0 aliphatic heterocycles. The molecule has 0 saturated carbocycles. The Morgan fingerprint density at radius 3 is 3.04 bits per heavy atom. The summed E-state index contributed by atoms with van der Waals surface area (Å²) in [5.74, 6) is 0.900. The summed E-state index contributed by atoms with van der Waals surface area (Å²) < 4.78 is 5.31. The van der Waals surface area contributed by atoms with Crippen LogP contribution in [0.25, 0.3) is 11.3 Å². The van der Waals surface area contributed by atoms with Gasteiger partial charge in [0.05, 0.1) is 12.8 Å². The number of benzene rings is 1. The van der Waals surface area contributed by atoms with E-state index in [4.69, 9.17) is 9.72 Å². The van der Waals surface area contributed by atoms with Crippen molar-refractivity contribution in [1.29, 1.82) is 0 Å². The number of aromatic nitrogens is 2. The minimum Gasteiger partial charge on any atom is -0.497 e. The van der Waals surface area contributed by atoms with Crippen molar-refractivity contribution in [1.82, 2.24) is 9.97 Å². The number of methoxy groups -OCH3 is 1. The molecular formula is C18H15N3OS. The van der Waals surface area contributed by atoms with Crippen molar-refractivity contribution in [2.45, 2.75) is 12.8 Å². The molecule has 0 spiro atoms. The van der Waals surface area contributed by atoms with Gasteiger partial charge >= 0.3 is 0 Å². The molecule has 0 saturated heterocycles. The first kappa shape index (κ1) is 14.1. The van der Waals surface area contributed by atoms with E-state index in [9.17, 15) is 0 Å². The Kier molecular flexibility index (Phi) is 3.63. The van der Waals surface area contributed by atoms with Crippen molar-refractivity contribution in [3.8, 4) is 17.0 Å². The van der Waals surface area contributed by atoms with Crippen LogP contribution in [0.3, 0.4) is 0 Å². The molecule has 0 atom stereocenters. The second-order valence-corrected chi connectivity index (χ2v) is 6.40. The number of ether oxygens (including phenoxy) is 1. The molecule has 0 N–H and O–H groups in total. The number of aryl methyl sites for hydroxylation is 2. The molecule has 0 unspecified atom stereocenters. The van der Waals surface area contributed by atoms with E-state index in [0.717, 1.165) is 35.0 Å². The third-order valence-corrected chi connectivity index (χ3v) is 4.91. The van der Waals surface area contributed by atoms with Crippen LogP contribution in [0.1, 0.15) is 16.0 Å². The van der Waals surface area contributed by atoms with Gasteiger partial charge < -0.3 is 4.74 Å². The Morgan fingerprint density at radius 2 is 2.22 bits per heavy atom. The van der Waals surface area contributed by atoms with E-state index in [0.29, 0.717) is 0 Å². The van der Waals surface area contributed by atoms with Gasteiger partial charge in [-0.25, -0.2) is 9.98 Å². The van der Waals surface area contributed by atoms with Crippen molar-refractivity contribution in [2.24, 2.45) is 4.99 Å². The topological polar surface area (TPSA) is 47.4 Å². The van der Waals surface area contributed by atoms with E-state index in [2.05, 4.69) is 22.1 Å². The highest BCUT2D eigenvalue weighted by atomic mass is 32.1. The maximum Gasteiger partial charge on any atom is 0.209 e. The lowest BCUT2D eigenvalue weighted by molar-refractivity contribution is 0.414. The van der Waals surface area contributed by atoms with Crippen molar-refractivity contribution in [2.75, 3.05) is 7.11 Å². The molecule has 4 nitrogen and oxygen atoms in total. The minimum atomic E-state index is 0.794. The fourth-order valence-electron chi connectivity index (χ4n) is 2.74. The average Bonchev–Trinajstić information content (AvgIpc) is 3.04. The molecule has 2 heterocycles. The SMILES string of the molecule is COc1ccc2c(c1)CCc1sc(N=Cc3cccnc3)nc1-2. The lowest BCUT2D eigenvalue weighted by Gasteiger charge is -2.15. The molecule has 0 radical (unpaired) electrons. The van der Waals surface area contributed by atoms with E-state index >= 15 is 0 Å². The van der Waals surface area contributed by atoms with Gasteiger partial charge in [0, 0.05) is 34.6 Å². The minimum absolute atomic E-state index is 0.794. The molecule has 0 amide bonds. The Labute approximate surface area is 138 Å². The van der Waals surface area contributed by atoms with E-state index < -0.39 is 0 Å². The number of hydrogen-bond acceptors (Lipinski definition) is 5. The van der Waals surface area contributed by atoms with Crippen LogP contribution in [0.5, 0.6) is 5.75 Å². The largest absolute Gasteiger partial charge is 0.497 e. The predicted octanol–water partition coefficient (Wildman–Crippen LogP) is 4.06. The Balaban J connectivity index is 1.67. The summed E-state index contributed by atoms with van der Waals surface area (Å²) in [7, 11) is 1.70. The lowest BCUT2D eigenvalue weighted by atomic mass is 9.93. The van der Waals surface area contributed by atoms with Gasteiger partial charge in [0.1, 0.15) is 5.75 Å². The molecule has 0 fully saturated rings. The standard InChI is InChI=1S/C18H15N3OS/c1-22-14-5-6-15-13(9-14)4-7-16-17(15)21-18(23-16)20-11-12-3-2-8-19-10-12/h2-3,5-6,8-11H,4,7H2,1H3. The summed E-state index contributed by atoms with van der Waals surface area (Å²) in [6.07, 6.45) is 7.39. The Bertz CT molecular complexity index is 871. The number of hydrogen-bond donors (Lipinski definition) is 0. The summed E-state index contributed by atoms with van der Waals surface area (Å²) in [6.45, 7) is 0. The third kappa shape index (κ3) is 2.75. The molecule has 3 aromatic rings. The van der Waals surface area contributed by atoms with Crippen LogP contribution in [-0.4, -0.2) is 23.3 Å². The number of thiazole rings is 1. The summed E-state index contributed by atoms with van der Waals surface area (Å²) >= 11 is 1.67. The second kappa shape index (κ2) is 5.93. The van der Waals surface area contributed by atoms with E-state index in [1.54, 1.807) is 30.8 Å². The van der Waals surface area contributed by atoms with Gasteiger partial charge in [0.25, 0.3) is 0 Å². The maximum absolute atomic E-state index is 5.31. The highest BCUT2D eigenvalue weighted by molar-refractivity contribution is 7.15. The van der Waals surface area contributed by atoms with Crippen molar-refractivity contribution >= 4 is 22.7 Å². The monoisotopic (exact) mass is 321 g/mol. The van der Waals surface area contributed by atoms with Crippen LogP contribution < -0.4 is 4.74 Å². The Hall–Kier alpha value is -2.53. The van der Waals surface area contributed by atoms with Gasteiger partial charge in [0.15, 0.2) is 0 Å². The first-order chi connectivity index (χ1) is 11.3. The van der Waals surface area contributed by atoms with E-state index in [1.807, 2.05) is 24.4 Å². The molecule has 2 aromatic heterocycles. The van der Waals surface area contributed by atoms with Crippen LogP contribution in [-0.2, 0) is 12.8 Å². The van der Waals surface area contributed by atoms with Gasteiger partial charge in [-0.3, -0.25) is 4.98 Å². The zero-order valence-electron chi connectivity index (χ0n) is 12.7. The van der Waals surface area contributed by atoms with Crippen LogP contribution in [0.2, 0.25) is 0 Å². The molecule has 1 aliphatic carbocycles. The normalized spacial score (nSPS) is 12.9. The summed E-state index contributed by atoms with van der Waals surface area (Å²) in [6, 6.07) is 10.1. The molecule has 23 heavy (non-hydrogen) atoms. The number of pyridine rings is 1. The molecule has 1 aromatic carbocycles. The number of rotatable bonds is 3. The van der Waals surface area contributed by atoms with Crippen LogP contribution in [0.4, 0.5) is 5.13 Å². The zero-order chi connectivity index (χ0) is 15.6.